The van der Waals surface area contributed by atoms with E-state index < -0.39 is 17.8 Å². The molecule has 124 valence electrons. The van der Waals surface area contributed by atoms with E-state index >= 15 is 0 Å². The quantitative estimate of drug-likeness (QED) is 0.939. The molecule has 0 aliphatic rings. The highest BCUT2D eigenvalue weighted by Gasteiger charge is 2.35. The largest absolute Gasteiger partial charge is 0.496 e. The van der Waals surface area contributed by atoms with E-state index in [0.717, 1.165) is 11.6 Å². The van der Waals surface area contributed by atoms with Gasteiger partial charge in [0.25, 0.3) is 0 Å². The fourth-order valence-corrected chi connectivity index (χ4v) is 2.14. The Bertz CT molecular complexity index is 723. The van der Waals surface area contributed by atoms with E-state index in [1.54, 1.807) is 12.1 Å². The minimum Gasteiger partial charge on any atom is -0.496 e. The number of benzene rings is 1. The Labute approximate surface area is 131 Å². The second-order valence-electron chi connectivity index (χ2n) is 5.07. The number of amides is 1. The van der Waals surface area contributed by atoms with Crippen LogP contribution in [0.3, 0.4) is 0 Å². The molecule has 0 saturated heterocycles. The summed E-state index contributed by atoms with van der Waals surface area (Å²) >= 11 is 0. The van der Waals surface area contributed by atoms with E-state index in [1.807, 2.05) is 13.0 Å². The number of hydrogen-bond acceptors (Lipinski definition) is 3. The van der Waals surface area contributed by atoms with Gasteiger partial charge in [0.05, 0.1) is 13.5 Å². The van der Waals surface area contributed by atoms with Gasteiger partial charge in [0.2, 0.25) is 5.91 Å². The summed E-state index contributed by atoms with van der Waals surface area (Å²) in [6.45, 7) is 1.87. The standard InChI is InChI=1S/C15H16F3N3O2/c1-9-4-5-10(6-11(9)23-3)7-14(22)19-13-8-12(15(16,17)18)21(2)20-13/h4-6,8H,7H2,1-3H3,(H,19,20,22). The molecule has 23 heavy (non-hydrogen) atoms. The number of nitrogens with zero attached hydrogens (tertiary/aromatic N) is 2. The van der Waals surface area contributed by atoms with Gasteiger partial charge in [0.15, 0.2) is 5.82 Å². The van der Waals surface area contributed by atoms with Crippen LogP contribution >= 0.6 is 0 Å². The lowest BCUT2D eigenvalue weighted by Crippen LogP contribution is -2.15. The first kappa shape index (κ1) is 16.9. The van der Waals surface area contributed by atoms with Crippen molar-refractivity contribution in [3.63, 3.8) is 0 Å². The maximum atomic E-state index is 12.7. The zero-order valence-electron chi connectivity index (χ0n) is 12.9. The molecule has 0 spiro atoms. The molecular weight excluding hydrogens is 311 g/mol. The summed E-state index contributed by atoms with van der Waals surface area (Å²) in [5.74, 6) is 0.0547. The third-order valence-electron chi connectivity index (χ3n) is 3.27. The smallest absolute Gasteiger partial charge is 0.433 e. The predicted molar refractivity (Wildman–Crippen MR) is 78.3 cm³/mol. The Morgan fingerprint density at radius 2 is 2.04 bits per heavy atom. The van der Waals surface area contributed by atoms with Crippen molar-refractivity contribution in [2.45, 2.75) is 19.5 Å². The third-order valence-corrected chi connectivity index (χ3v) is 3.27. The third kappa shape index (κ3) is 4.02. The van der Waals surface area contributed by atoms with Crippen molar-refractivity contribution in [3.05, 3.63) is 41.1 Å². The molecule has 1 N–H and O–H groups in total. The highest BCUT2D eigenvalue weighted by molar-refractivity contribution is 5.91. The molecule has 0 unspecified atom stereocenters. The summed E-state index contributed by atoms with van der Waals surface area (Å²) in [7, 11) is 2.70. The van der Waals surface area contributed by atoms with Crippen molar-refractivity contribution in [2.75, 3.05) is 12.4 Å². The first-order chi connectivity index (χ1) is 10.7. The van der Waals surface area contributed by atoms with E-state index in [0.29, 0.717) is 16.0 Å². The molecule has 0 fully saturated rings. The molecule has 1 aromatic carbocycles. The molecule has 0 saturated carbocycles. The lowest BCUT2D eigenvalue weighted by Gasteiger charge is -2.07. The second kappa shape index (κ2) is 6.31. The van der Waals surface area contributed by atoms with Crippen molar-refractivity contribution in [2.24, 2.45) is 7.05 Å². The van der Waals surface area contributed by atoms with Crippen LogP contribution < -0.4 is 10.1 Å². The number of aromatic nitrogens is 2. The predicted octanol–water partition coefficient (Wildman–Crippen LogP) is 2.94. The van der Waals surface area contributed by atoms with Gasteiger partial charge in [-0.2, -0.15) is 18.3 Å². The number of hydrogen-bond donors (Lipinski definition) is 1. The molecule has 2 rings (SSSR count). The van der Waals surface area contributed by atoms with E-state index in [-0.39, 0.29) is 12.2 Å². The summed E-state index contributed by atoms with van der Waals surface area (Å²) in [6, 6.07) is 6.09. The van der Waals surface area contributed by atoms with Gasteiger partial charge in [-0.15, -0.1) is 0 Å². The summed E-state index contributed by atoms with van der Waals surface area (Å²) in [5, 5.41) is 6.01. The molecule has 5 nitrogen and oxygen atoms in total. The van der Waals surface area contributed by atoms with E-state index in [1.165, 1.54) is 14.2 Å². The number of carbonyl (C=O) groups excluding carboxylic acids is 1. The first-order valence-corrected chi connectivity index (χ1v) is 6.75. The van der Waals surface area contributed by atoms with Crippen LogP contribution in [0, 0.1) is 6.92 Å². The Morgan fingerprint density at radius 3 is 2.61 bits per heavy atom. The van der Waals surface area contributed by atoms with Gasteiger partial charge in [-0.1, -0.05) is 12.1 Å². The molecule has 0 aliphatic carbocycles. The van der Waals surface area contributed by atoms with E-state index in [9.17, 15) is 18.0 Å². The van der Waals surface area contributed by atoms with Crippen LogP contribution in [-0.4, -0.2) is 22.8 Å². The maximum absolute atomic E-state index is 12.7. The number of anilines is 1. The summed E-state index contributed by atoms with van der Waals surface area (Å²) in [4.78, 5) is 12.0. The molecule has 0 radical (unpaired) electrons. The second-order valence-corrected chi connectivity index (χ2v) is 5.07. The van der Waals surface area contributed by atoms with Gasteiger partial charge in [-0.05, 0) is 24.1 Å². The average molecular weight is 327 g/mol. The average Bonchev–Trinajstić information content (AvgIpc) is 2.81. The number of nitrogens with one attached hydrogen (secondary N) is 1. The van der Waals surface area contributed by atoms with Crippen LogP contribution in [0.5, 0.6) is 5.75 Å². The number of rotatable bonds is 4. The van der Waals surface area contributed by atoms with Crippen molar-refractivity contribution in [1.29, 1.82) is 0 Å². The molecule has 0 aliphatic heterocycles. The topological polar surface area (TPSA) is 56.1 Å². The lowest BCUT2D eigenvalue weighted by molar-refractivity contribution is -0.143. The Morgan fingerprint density at radius 1 is 1.35 bits per heavy atom. The normalized spacial score (nSPS) is 11.4. The molecular formula is C15H16F3N3O2. The molecule has 0 atom stereocenters. The first-order valence-electron chi connectivity index (χ1n) is 6.75. The molecule has 0 bridgehead atoms. The SMILES string of the molecule is COc1cc(CC(=O)Nc2cc(C(F)(F)F)n(C)n2)ccc1C. The van der Waals surface area contributed by atoms with Gasteiger partial charge in [0, 0.05) is 13.1 Å². The van der Waals surface area contributed by atoms with Crippen LogP contribution in [-0.2, 0) is 24.4 Å². The van der Waals surface area contributed by atoms with Crippen LogP contribution in [0.15, 0.2) is 24.3 Å². The summed E-state index contributed by atoms with van der Waals surface area (Å²) < 4.78 is 43.9. The van der Waals surface area contributed by atoms with Crippen molar-refractivity contribution >= 4 is 11.7 Å². The number of halogens is 3. The van der Waals surface area contributed by atoms with Gasteiger partial charge in [0.1, 0.15) is 11.4 Å². The van der Waals surface area contributed by atoms with Crippen LogP contribution in [0.2, 0.25) is 0 Å². The van der Waals surface area contributed by atoms with Crippen LogP contribution in [0.4, 0.5) is 19.0 Å². The zero-order valence-corrected chi connectivity index (χ0v) is 12.9. The zero-order chi connectivity index (χ0) is 17.2. The molecule has 1 aromatic heterocycles. The number of ether oxygens (including phenoxy) is 1. The molecule has 1 heterocycles. The number of alkyl halides is 3. The number of aryl methyl sites for hydroxylation is 2. The minimum atomic E-state index is -4.52. The van der Waals surface area contributed by atoms with Gasteiger partial charge >= 0.3 is 6.18 Å². The highest BCUT2D eigenvalue weighted by Crippen LogP contribution is 2.30. The van der Waals surface area contributed by atoms with Crippen molar-refractivity contribution in [1.82, 2.24) is 9.78 Å². The fraction of sp³-hybridized carbons (Fsp3) is 0.333. The summed E-state index contributed by atoms with van der Waals surface area (Å²) in [5.41, 5.74) is 0.693. The van der Waals surface area contributed by atoms with Gasteiger partial charge < -0.3 is 10.1 Å². The van der Waals surface area contributed by atoms with Gasteiger partial charge in [-0.25, -0.2) is 0 Å². The van der Waals surface area contributed by atoms with Crippen molar-refractivity contribution < 1.29 is 22.7 Å². The Hall–Kier alpha value is -2.51. The lowest BCUT2D eigenvalue weighted by atomic mass is 10.1. The number of methoxy groups -OCH3 is 1. The molecule has 8 heteroatoms. The number of carbonyl (C=O) groups is 1. The molecule has 1 amide bonds. The van der Waals surface area contributed by atoms with Crippen molar-refractivity contribution in [3.8, 4) is 5.75 Å². The van der Waals surface area contributed by atoms with Crippen LogP contribution in [0.1, 0.15) is 16.8 Å². The Balaban J connectivity index is 2.08. The maximum Gasteiger partial charge on any atom is 0.433 e. The van der Waals surface area contributed by atoms with E-state index in [4.69, 9.17) is 4.74 Å². The fourth-order valence-electron chi connectivity index (χ4n) is 2.14. The Kier molecular flexibility index (Phi) is 4.63. The van der Waals surface area contributed by atoms with Crippen LogP contribution in [0.25, 0.3) is 0 Å². The molecule has 2 aromatic rings. The van der Waals surface area contributed by atoms with E-state index in [2.05, 4.69) is 10.4 Å². The minimum absolute atomic E-state index is 0.00850. The highest BCUT2D eigenvalue weighted by atomic mass is 19.4. The summed E-state index contributed by atoms with van der Waals surface area (Å²) in [6.07, 6.45) is -4.51. The van der Waals surface area contributed by atoms with Gasteiger partial charge in [-0.3, -0.25) is 9.48 Å². The monoisotopic (exact) mass is 327 g/mol.